The summed E-state index contributed by atoms with van der Waals surface area (Å²) in [4.78, 5) is 41.7. The topological polar surface area (TPSA) is 85.4 Å². The van der Waals surface area contributed by atoms with Crippen molar-refractivity contribution in [3.63, 3.8) is 0 Å². The van der Waals surface area contributed by atoms with E-state index in [4.69, 9.17) is 16.1 Å². The van der Waals surface area contributed by atoms with E-state index in [1.54, 1.807) is 13.0 Å². The average molecular weight is 564 g/mol. The number of amides is 1. The highest BCUT2D eigenvalue weighted by Gasteiger charge is 2.32. The molecule has 2 unspecified atom stereocenters. The Balaban J connectivity index is 1.15. The molecular weight excluding hydrogens is 533 g/mol. The van der Waals surface area contributed by atoms with E-state index in [1.165, 1.54) is 24.3 Å². The maximum absolute atomic E-state index is 13.7. The molecular formula is C31H31ClFN3O4. The maximum Gasteiger partial charge on any atom is 0.264 e. The molecule has 208 valence electrons. The van der Waals surface area contributed by atoms with E-state index >= 15 is 0 Å². The number of aromatic nitrogens is 2. The first-order chi connectivity index (χ1) is 19.3. The molecule has 1 saturated carbocycles. The number of hydrogen-bond donors (Lipinski definition) is 0. The minimum absolute atomic E-state index is 0.0139. The van der Waals surface area contributed by atoms with E-state index in [0.717, 1.165) is 31.2 Å². The number of benzene rings is 2. The first kappa shape index (κ1) is 26.7. The van der Waals surface area contributed by atoms with E-state index in [0.29, 0.717) is 65.0 Å². The number of halogens is 2. The number of nitrogens with zero attached hydrogens (tertiary/aromatic N) is 3. The highest BCUT2D eigenvalue weighted by molar-refractivity contribution is 6.37. The second-order valence-corrected chi connectivity index (χ2v) is 11.6. The molecule has 0 N–H and O–H groups in total. The fraction of sp³-hybridized carbons (Fsp3) is 0.419. The van der Waals surface area contributed by atoms with Crippen molar-refractivity contribution in [1.82, 2.24) is 14.6 Å². The molecule has 6 rings (SSSR count). The van der Waals surface area contributed by atoms with Gasteiger partial charge in [0.25, 0.3) is 5.56 Å². The molecule has 1 amide bonds. The van der Waals surface area contributed by atoms with Crippen molar-refractivity contribution in [3.05, 3.63) is 75.0 Å². The number of piperidine rings is 1. The molecule has 3 heterocycles. The number of rotatable bonds is 5. The third-order valence-electron chi connectivity index (χ3n) is 8.71. The number of likely N-dealkylation sites (tertiary alicyclic amines) is 1. The van der Waals surface area contributed by atoms with E-state index in [1.807, 2.05) is 21.6 Å². The molecule has 1 aliphatic heterocycles. The minimum atomic E-state index is -0.363. The Morgan fingerprint density at radius 3 is 2.55 bits per heavy atom. The number of pyridine rings is 1. The lowest BCUT2D eigenvalue weighted by Crippen LogP contribution is -2.41. The summed E-state index contributed by atoms with van der Waals surface area (Å²) < 4.78 is 20.5. The highest BCUT2D eigenvalue weighted by atomic mass is 35.5. The molecule has 9 heteroatoms. The van der Waals surface area contributed by atoms with Crippen LogP contribution in [0.1, 0.15) is 67.1 Å². The molecule has 1 aliphatic carbocycles. The van der Waals surface area contributed by atoms with Crippen LogP contribution in [0, 0.1) is 24.6 Å². The molecule has 7 nitrogen and oxygen atoms in total. The smallest absolute Gasteiger partial charge is 0.264 e. The van der Waals surface area contributed by atoms with Gasteiger partial charge in [-0.05, 0) is 81.3 Å². The first-order valence-corrected chi connectivity index (χ1v) is 14.4. The summed E-state index contributed by atoms with van der Waals surface area (Å²) in [5.74, 6) is 0.225. The largest absolute Gasteiger partial charge is 0.360 e. The lowest BCUT2D eigenvalue weighted by atomic mass is 9.82. The number of ketones is 1. The highest BCUT2D eigenvalue weighted by Crippen LogP contribution is 2.38. The Hall–Kier alpha value is -3.52. The van der Waals surface area contributed by atoms with E-state index in [-0.39, 0.29) is 40.9 Å². The van der Waals surface area contributed by atoms with Gasteiger partial charge in [-0.3, -0.25) is 14.4 Å². The molecule has 1 saturated heterocycles. The van der Waals surface area contributed by atoms with Gasteiger partial charge in [0, 0.05) is 42.4 Å². The van der Waals surface area contributed by atoms with Gasteiger partial charge in [0.05, 0.1) is 10.5 Å². The van der Waals surface area contributed by atoms with E-state index in [9.17, 15) is 18.8 Å². The Labute approximate surface area is 235 Å². The Kier molecular flexibility index (Phi) is 7.21. The summed E-state index contributed by atoms with van der Waals surface area (Å²) in [5, 5.41) is 5.83. The van der Waals surface area contributed by atoms with Gasteiger partial charge in [-0.2, -0.15) is 0 Å². The van der Waals surface area contributed by atoms with Crippen molar-refractivity contribution in [2.75, 3.05) is 13.1 Å². The third-order valence-corrected chi connectivity index (χ3v) is 9.03. The zero-order valence-corrected chi connectivity index (χ0v) is 23.1. The van der Waals surface area contributed by atoms with Crippen LogP contribution in [0.3, 0.4) is 0 Å². The molecule has 2 atom stereocenters. The van der Waals surface area contributed by atoms with Gasteiger partial charge < -0.3 is 14.0 Å². The van der Waals surface area contributed by atoms with Crippen molar-refractivity contribution in [3.8, 4) is 0 Å². The Morgan fingerprint density at radius 1 is 1.05 bits per heavy atom. The number of hydrogen-bond acceptors (Lipinski definition) is 5. The molecule has 0 radical (unpaired) electrons. The molecule has 2 aromatic heterocycles. The van der Waals surface area contributed by atoms with Gasteiger partial charge >= 0.3 is 0 Å². The van der Waals surface area contributed by atoms with Gasteiger partial charge in [-0.25, -0.2) is 4.39 Å². The molecule has 2 fully saturated rings. The van der Waals surface area contributed by atoms with Crippen molar-refractivity contribution in [2.24, 2.45) is 11.8 Å². The van der Waals surface area contributed by atoms with Crippen molar-refractivity contribution in [2.45, 2.75) is 57.9 Å². The third kappa shape index (κ3) is 4.83. The second-order valence-electron chi connectivity index (χ2n) is 11.2. The van der Waals surface area contributed by atoms with Crippen LogP contribution in [0.25, 0.3) is 21.8 Å². The maximum atomic E-state index is 13.7. The summed E-state index contributed by atoms with van der Waals surface area (Å²) in [5.41, 5.74) is 1.61. The Morgan fingerprint density at radius 2 is 1.80 bits per heavy atom. The van der Waals surface area contributed by atoms with E-state index in [2.05, 4.69) is 5.16 Å². The molecule has 0 bridgehead atoms. The quantitative estimate of drug-likeness (QED) is 0.259. The summed E-state index contributed by atoms with van der Waals surface area (Å²) in [7, 11) is 0. The van der Waals surface area contributed by atoms with Gasteiger partial charge in [0.1, 0.15) is 22.5 Å². The summed E-state index contributed by atoms with van der Waals surface area (Å²) >= 11 is 6.58. The summed E-state index contributed by atoms with van der Waals surface area (Å²) in [6.45, 7) is 2.82. The SMILES string of the molecule is Cc1onc2c1c(=O)n(C1CCCC(CC(=O)N3CCC(C(=O)c4ccc(F)cc4)CC3)C1)c1cccc(Cl)c21. The normalized spacial score (nSPS) is 20.3. The average Bonchev–Trinajstić information content (AvgIpc) is 3.35. The first-order valence-electron chi connectivity index (χ1n) is 14.0. The van der Waals surface area contributed by atoms with Crippen LogP contribution in [0.2, 0.25) is 5.02 Å². The summed E-state index contributed by atoms with van der Waals surface area (Å²) in [6, 6.07) is 11.1. The molecule has 4 aromatic rings. The van der Waals surface area contributed by atoms with Crippen LogP contribution in [0.4, 0.5) is 4.39 Å². The molecule has 2 aromatic carbocycles. The number of fused-ring (bicyclic) bond motifs is 3. The Bertz CT molecular complexity index is 1650. The van der Waals surface area contributed by atoms with Crippen molar-refractivity contribution in [1.29, 1.82) is 0 Å². The standard InChI is InChI=1S/C31H31ClFN3O4/c1-18-27-29(34-40-18)28-24(32)6-3-7-25(28)36(31(27)39)23-5-2-4-19(16-23)17-26(37)35-14-12-21(13-15-35)30(38)20-8-10-22(33)11-9-20/h3,6-11,19,21,23H,2,4-5,12-17H2,1H3. The van der Waals surface area contributed by atoms with Gasteiger partial charge in [-0.15, -0.1) is 0 Å². The minimum Gasteiger partial charge on any atom is -0.360 e. The van der Waals surface area contributed by atoms with Gasteiger partial charge in [0.2, 0.25) is 5.91 Å². The predicted octanol–water partition coefficient (Wildman–Crippen LogP) is 6.49. The number of aryl methyl sites for hydroxylation is 1. The summed E-state index contributed by atoms with van der Waals surface area (Å²) in [6.07, 6.45) is 5.07. The molecule has 40 heavy (non-hydrogen) atoms. The lowest BCUT2D eigenvalue weighted by Gasteiger charge is -2.35. The fourth-order valence-corrected chi connectivity index (χ4v) is 6.89. The lowest BCUT2D eigenvalue weighted by molar-refractivity contribution is -0.133. The monoisotopic (exact) mass is 563 g/mol. The molecule has 2 aliphatic rings. The van der Waals surface area contributed by atoms with Crippen LogP contribution in [0.15, 0.2) is 51.8 Å². The molecule has 0 spiro atoms. The zero-order valence-electron chi connectivity index (χ0n) is 22.4. The van der Waals surface area contributed by atoms with E-state index < -0.39 is 0 Å². The zero-order chi connectivity index (χ0) is 28.0. The predicted molar refractivity (Wildman–Crippen MR) is 151 cm³/mol. The van der Waals surface area contributed by atoms with Crippen LogP contribution in [0.5, 0.6) is 0 Å². The van der Waals surface area contributed by atoms with Crippen molar-refractivity contribution < 1.29 is 18.5 Å². The van der Waals surface area contributed by atoms with Crippen LogP contribution in [-0.2, 0) is 4.79 Å². The van der Waals surface area contributed by atoms with Crippen LogP contribution in [-0.4, -0.2) is 39.4 Å². The van der Waals surface area contributed by atoms with Crippen molar-refractivity contribution >= 4 is 45.1 Å². The van der Waals surface area contributed by atoms with Gasteiger partial charge in [0.15, 0.2) is 5.78 Å². The van der Waals surface area contributed by atoms with Gasteiger partial charge in [-0.1, -0.05) is 29.2 Å². The van der Waals surface area contributed by atoms with Crippen LogP contribution < -0.4 is 5.56 Å². The number of carbonyl (C=O) groups is 2. The fourth-order valence-electron chi connectivity index (χ4n) is 6.63. The number of carbonyl (C=O) groups excluding carboxylic acids is 2. The second kappa shape index (κ2) is 10.8. The number of Topliss-reactive ketones (excluding diaryl/α,β-unsaturated/α-hetero) is 1. The van der Waals surface area contributed by atoms with Crippen LogP contribution >= 0.6 is 11.6 Å².